The van der Waals surface area contributed by atoms with Crippen LogP contribution in [0.25, 0.3) is 0 Å². The molecule has 0 N–H and O–H groups in total. The fraction of sp³-hybridized carbons (Fsp3) is 0.667. The van der Waals surface area contributed by atoms with Gasteiger partial charge in [0.1, 0.15) is 0 Å². The monoisotopic (exact) mass is 193 g/mol. The largest absolute Gasteiger partial charge is 0.467 e. The number of carbonyl (C=O) groups is 2. The number of hydrogen-bond acceptors (Lipinski definition) is 5. The lowest BCUT2D eigenvalue weighted by atomic mass is 10.2. The van der Waals surface area contributed by atoms with Crippen LogP contribution < -0.4 is 0 Å². The average Bonchev–Trinajstić information content (AvgIpc) is 2.76. The van der Waals surface area contributed by atoms with Crippen LogP contribution in [0.15, 0.2) is 0 Å². The van der Waals surface area contributed by atoms with Crippen molar-refractivity contribution in [1.82, 2.24) is 4.42 Å². The maximum absolute atomic E-state index is 11.1. The first-order valence-corrected chi connectivity index (χ1v) is 3.53. The van der Waals surface area contributed by atoms with E-state index in [1.54, 1.807) is 0 Å². The lowest BCUT2D eigenvalue weighted by Crippen LogP contribution is -2.38. The molecule has 0 aliphatic carbocycles. The van der Waals surface area contributed by atoms with Crippen molar-refractivity contribution in [2.24, 2.45) is 0 Å². The van der Waals surface area contributed by atoms with Gasteiger partial charge in [0.05, 0.1) is 20.8 Å². The number of nitrogens with zero attached hydrogens (tertiary/aromatic N) is 1. The van der Waals surface area contributed by atoms with E-state index >= 15 is 0 Å². The lowest BCUT2D eigenvalue weighted by Gasteiger charge is -2.08. The third-order valence-electron chi connectivity index (χ3n) is 1.72. The van der Waals surface area contributed by atoms with E-state index in [0.717, 1.165) is 4.42 Å². The summed E-state index contributed by atoms with van der Waals surface area (Å²) in [5.41, 5.74) is -1.40. The molecule has 1 atom stereocenters. The zero-order chi connectivity index (χ0) is 9.35. The highest BCUT2D eigenvalue weighted by molar-refractivity contribution is 6.24. The minimum absolute atomic E-state index is 0.133. The maximum atomic E-state index is 11.1. The Kier molecular flexibility index (Phi) is 2.25. The van der Waals surface area contributed by atoms with Crippen LogP contribution in [0.3, 0.4) is 0 Å². The summed E-state index contributed by atoms with van der Waals surface area (Å²) in [4.78, 5) is 22.1. The van der Waals surface area contributed by atoms with E-state index in [0.29, 0.717) is 0 Å². The van der Waals surface area contributed by atoms with Crippen LogP contribution in [-0.4, -0.2) is 42.7 Å². The molecule has 0 aromatic carbocycles. The van der Waals surface area contributed by atoms with Crippen LogP contribution in [0.4, 0.5) is 0 Å². The highest BCUT2D eigenvalue weighted by atomic mass is 35.5. The second kappa shape index (κ2) is 2.91. The molecule has 1 fully saturated rings. The summed E-state index contributed by atoms with van der Waals surface area (Å²) in [6, 6.07) is 0. The fourth-order valence-corrected chi connectivity index (χ4v) is 1.22. The molecule has 0 aromatic heterocycles. The number of carbonyl (C=O) groups excluding carboxylic acids is 2. The zero-order valence-electron chi connectivity index (χ0n) is 6.67. The fourth-order valence-electron chi connectivity index (χ4n) is 0.914. The van der Waals surface area contributed by atoms with Crippen molar-refractivity contribution in [3.05, 3.63) is 0 Å². The highest BCUT2D eigenvalue weighted by Crippen LogP contribution is 2.36. The topological polar surface area (TPSA) is 55.6 Å². The molecule has 12 heavy (non-hydrogen) atoms. The SMILES string of the molecule is COC(=O)C1(C(=O)OC)CN1Cl. The summed E-state index contributed by atoms with van der Waals surface area (Å²) < 4.78 is 9.86. The van der Waals surface area contributed by atoms with E-state index in [1.807, 2.05) is 0 Å². The van der Waals surface area contributed by atoms with Crippen molar-refractivity contribution in [2.45, 2.75) is 5.54 Å². The van der Waals surface area contributed by atoms with Gasteiger partial charge in [-0.2, -0.15) is 4.42 Å². The van der Waals surface area contributed by atoms with Gasteiger partial charge in [-0.1, -0.05) is 0 Å². The van der Waals surface area contributed by atoms with Gasteiger partial charge in [-0.15, -0.1) is 0 Å². The Morgan fingerprint density at radius 2 is 1.67 bits per heavy atom. The van der Waals surface area contributed by atoms with Gasteiger partial charge in [-0.25, -0.2) is 9.59 Å². The molecule has 1 unspecified atom stereocenters. The zero-order valence-corrected chi connectivity index (χ0v) is 7.42. The van der Waals surface area contributed by atoms with E-state index in [-0.39, 0.29) is 6.54 Å². The third kappa shape index (κ3) is 1.05. The third-order valence-corrected chi connectivity index (χ3v) is 2.13. The molecule has 1 aliphatic rings. The Balaban J connectivity index is 2.79. The predicted octanol–water partition coefficient (Wildman–Crippen LogP) is -0.459. The van der Waals surface area contributed by atoms with Crippen LogP contribution in [0.1, 0.15) is 0 Å². The predicted molar refractivity (Wildman–Crippen MR) is 39.3 cm³/mol. The molecule has 0 saturated carbocycles. The first-order chi connectivity index (χ1) is 5.59. The quantitative estimate of drug-likeness (QED) is 0.257. The number of rotatable bonds is 2. The molecule has 1 rings (SSSR count). The normalized spacial score (nSPS) is 24.4. The number of esters is 2. The molecule has 1 saturated heterocycles. The smallest absolute Gasteiger partial charge is 0.340 e. The molecule has 0 radical (unpaired) electrons. The van der Waals surface area contributed by atoms with Gasteiger partial charge in [0.2, 0.25) is 5.54 Å². The summed E-state index contributed by atoms with van der Waals surface area (Å²) in [6.07, 6.45) is 0. The van der Waals surface area contributed by atoms with Gasteiger partial charge in [-0.3, -0.25) is 0 Å². The number of halogens is 1. The summed E-state index contributed by atoms with van der Waals surface area (Å²) in [7, 11) is 2.38. The number of hydrogen-bond donors (Lipinski definition) is 0. The van der Waals surface area contributed by atoms with Gasteiger partial charge < -0.3 is 9.47 Å². The molecular formula is C6H8ClNO4. The van der Waals surface area contributed by atoms with Gasteiger partial charge in [0.25, 0.3) is 0 Å². The van der Waals surface area contributed by atoms with Crippen LogP contribution in [0, 0.1) is 0 Å². The van der Waals surface area contributed by atoms with Crippen molar-refractivity contribution in [3.63, 3.8) is 0 Å². The molecule has 6 heteroatoms. The molecule has 0 aromatic rings. The molecule has 0 bridgehead atoms. The Morgan fingerprint density at radius 3 is 1.83 bits per heavy atom. The first-order valence-electron chi connectivity index (χ1n) is 3.20. The lowest BCUT2D eigenvalue weighted by molar-refractivity contribution is -0.157. The molecule has 0 amide bonds. The van der Waals surface area contributed by atoms with E-state index in [2.05, 4.69) is 9.47 Å². The van der Waals surface area contributed by atoms with E-state index in [1.165, 1.54) is 14.2 Å². The van der Waals surface area contributed by atoms with Crippen molar-refractivity contribution in [1.29, 1.82) is 0 Å². The molecule has 1 aliphatic heterocycles. The standard InChI is InChI=1S/C6H8ClNO4/c1-11-4(9)6(3-8(6)7)5(10)12-2/h3H2,1-2H3. The maximum Gasteiger partial charge on any atom is 0.340 e. The van der Waals surface area contributed by atoms with Crippen LogP contribution >= 0.6 is 11.8 Å². The minimum atomic E-state index is -1.40. The van der Waals surface area contributed by atoms with Crippen LogP contribution in [0.2, 0.25) is 0 Å². The first kappa shape index (κ1) is 9.28. The van der Waals surface area contributed by atoms with Gasteiger partial charge in [-0.05, 0) is 11.8 Å². The van der Waals surface area contributed by atoms with Crippen molar-refractivity contribution < 1.29 is 19.1 Å². The van der Waals surface area contributed by atoms with Crippen LogP contribution in [0.5, 0.6) is 0 Å². The summed E-state index contributed by atoms with van der Waals surface area (Å²) in [5, 5.41) is 0. The summed E-state index contributed by atoms with van der Waals surface area (Å²) in [6.45, 7) is 0.133. The van der Waals surface area contributed by atoms with Gasteiger partial charge in [0, 0.05) is 0 Å². The van der Waals surface area contributed by atoms with Crippen molar-refractivity contribution >= 4 is 23.7 Å². The number of methoxy groups -OCH3 is 2. The summed E-state index contributed by atoms with van der Waals surface area (Å²) in [5.74, 6) is -1.38. The van der Waals surface area contributed by atoms with Crippen molar-refractivity contribution in [3.8, 4) is 0 Å². The second-order valence-electron chi connectivity index (χ2n) is 2.36. The molecule has 1 heterocycles. The number of ether oxygens (including phenoxy) is 2. The highest BCUT2D eigenvalue weighted by Gasteiger charge is 2.67. The Labute approximate surface area is 74.3 Å². The molecule has 68 valence electrons. The minimum Gasteiger partial charge on any atom is -0.467 e. The second-order valence-corrected chi connectivity index (χ2v) is 2.77. The van der Waals surface area contributed by atoms with Crippen molar-refractivity contribution in [2.75, 3.05) is 20.8 Å². The van der Waals surface area contributed by atoms with Crippen LogP contribution in [-0.2, 0) is 19.1 Å². The van der Waals surface area contributed by atoms with E-state index in [4.69, 9.17) is 11.8 Å². The van der Waals surface area contributed by atoms with Gasteiger partial charge >= 0.3 is 11.9 Å². The molecular weight excluding hydrogens is 186 g/mol. The molecule has 5 nitrogen and oxygen atoms in total. The van der Waals surface area contributed by atoms with E-state index in [9.17, 15) is 9.59 Å². The Bertz CT molecular complexity index is 214. The Morgan fingerprint density at radius 1 is 1.33 bits per heavy atom. The molecule has 0 spiro atoms. The summed E-state index contributed by atoms with van der Waals surface area (Å²) >= 11 is 5.49. The Hall–Kier alpha value is -0.810. The van der Waals surface area contributed by atoms with E-state index < -0.39 is 17.5 Å². The van der Waals surface area contributed by atoms with Gasteiger partial charge in [0.15, 0.2) is 0 Å². The average molecular weight is 194 g/mol.